The van der Waals surface area contributed by atoms with Gasteiger partial charge >= 0.3 is 0 Å². The number of carbonyl (C=O) groups is 1. The Balaban J connectivity index is 1.43. The Morgan fingerprint density at radius 1 is 1.13 bits per heavy atom. The predicted octanol–water partition coefficient (Wildman–Crippen LogP) is 2.45. The van der Waals surface area contributed by atoms with Crippen molar-refractivity contribution in [1.29, 1.82) is 0 Å². The molecule has 8 nitrogen and oxygen atoms in total. The maximum Gasteiger partial charge on any atom is 0.252 e. The number of hydrogen-bond acceptors (Lipinski definition) is 6. The van der Waals surface area contributed by atoms with Crippen LogP contribution in [0.15, 0.2) is 30.6 Å². The lowest BCUT2D eigenvalue weighted by Gasteiger charge is -2.36. The van der Waals surface area contributed by atoms with E-state index >= 15 is 0 Å². The number of fused-ring (bicyclic) bond motifs is 1. The van der Waals surface area contributed by atoms with Gasteiger partial charge in [0.25, 0.3) is 5.78 Å². The number of nitrogens with zero attached hydrogens (tertiary/aromatic N) is 6. The fourth-order valence-corrected chi connectivity index (χ4v) is 4.13. The van der Waals surface area contributed by atoms with Gasteiger partial charge in [0.2, 0.25) is 5.91 Å². The van der Waals surface area contributed by atoms with Gasteiger partial charge in [0.05, 0.1) is 11.4 Å². The molecule has 3 heterocycles. The van der Waals surface area contributed by atoms with Crippen molar-refractivity contribution in [1.82, 2.24) is 24.5 Å². The molecule has 1 saturated heterocycles. The Morgan fingerprint density at radius 3 is 2.67 bits per heavy atom. The van der Waals surface area contributed by atoms with Gasteiger partial charge in [-0.15, -0.1) is 0 Å². The lowest BCUT2D eigenvalue weighted by Crippen LogP contribution is -2.46. The van der Waals surface area contributed by atoms with E-state index in [0.717, 1.165) is 61.0 Å². The van der Waals surface area contributed by atoms with Crippen molar-refractivity contribution in [2.45, 2.75) is 33.6 Å². The van der Waals surface area contributed by atoms with E-state index in [1.165, 1.54) is 6.33 Å². The highest BCUT2D eigenvalue weighted by molar-refractivity contribution is 5.94. The van der Waals surface area contributed by atoms with E-state index in [4.69, 9.17) is 0 Å². The number of aryl methyl sites for hydroxylation is 2. The van der Waals surface area contributed by atoms with Crippen LogP contribution in [-0.2, 0) is 11.2 Å². The minimum Gasteiger partial charge on any atom is -0.367 e. The first-order valence-corrected chi connectivity index (χ1v) is 10.6. The van der Waals surface area contributed by atoms with Crippen LogP contribution in [0.5, 0.6) is 0 Å². The number of carbonyl (C=O) groups excluding carboxylic acids is 1. The van der Waals surface area contributed by atoms with Crippen molar-refractivity contribution >= 4 is 23.1 Å². The smallest absolute Gasteiger partial charge is 0.252 e. The molecule has 1 amide bonds. The summed E-state index contributed by atoms with van der Waals surface area (Å²) in [5, 5.41) is 7.35. The number of piperazine rings is 1. The second kappa shape index (κ2) is 8.79. The molecular formula is C22H29N7O. The van der Waals surface area contributed by atoms with Crippen molar-refractivity contribution in [3.05, 3.63) is 47.5 Å². The second-order valence-corrected chi connectivity index (χ2v) is 7.72. The molecular weight excluding hydrogens is 378 g/mol. The summed E-state index contributed by atoms with van der Waals surface area (Å²) in [6, 6.07) is 8.08. The molecule has 1 aliphatic rings. The predicted molar refractivity (Wildman–Crippen MR) is 118 cm³/mol. The summed E-state index contributed by atoms with van der Waals surface area (Å²) in [6.45, 7) is 11.3. The highest BCUT2D eigenvalue weighted by atomic mass is 16.1. The van der Waals surface area contributed by atoms with Crippen molar-refractivity contribution in [2.75, 3.05) is 42.9 Å². The number of likely N-dealkylation sites (N-methyl/N-ethyl adjacent to an activating group) is 1. The molecule has 1 N–H and O–H groups in total. The van der Waals surface area contributed by atoms with E-state index in [-0.39, 0.29) is 5.91 Å². The zero-order valence-electron chi connectivity index (χ0n) is 17.9. The first kappa shape index (κ1) is 20.3. The third-order valence-corrected chi connectivity index (χ3v) is 5.93. The van der Waals surface area contributed by atoms with Gasteiger partial charge in [-0.25, -0.2) is 9.50 Å². The van der Waals surface area contributed by atoms with E-state index < -0.39 is 0 Å². The molecule has 8 heteroatoms. The van der Waals surface area contributed by atoms with Crippen molar-refractivity contribution in [3.63, 3.8) is 0 Å². The number of rotatable bonds is 6. The average Bonchev–Trinajstić information content (AvgIpc) is 3.23. The topological polar surface area (TPSA) is 78.7 Å². The molecule has 0 radical (unpaired) electrons. The largest absolute Gasteiger partial charge is 0.367 e. The maximum atomic E-state index is 12.8. The number of para-hydroxylation sites is 2. The molecule has 0 spiro atoms. The third kappa shape index (κ3) is 4.14. The zero-order chi connectivity index (χ0) is 21.1. The molecule has 0 bridgehead atoms. The van der Waals surface area contributed by atoms with Gasteiger partial charge in [-0.1, -0.05) is 19.1 Å². The van der Waals surface area contributed by atoms with Gasteiger partial charge in [-0.2, -0.15) is 10.1 Å². The van der Waals surface area contributed by atoms with E-state index in [0.29, 0.717) is 18.6 Å². The monoisotopic (exact) mass is 407 g/mol. The minimum atomic E-state index is 0.00660. The zero-order valence-corrected chi connectivity index (χ0v) is 17.9. The van der Waals surface area contributed by atoms with Crippen LogP contribution in [0.3, 0.4) is 0 Å². The number of nitrogens with one attached hydrogen (secondary N) is 1. The average molecular weight is 408 g/mol. The van der Waals surface area contributed by atoms with E-state index in [1.54, 1.807) is 4.52 Å². The Hall–Kier alpha value is -3.00. The molecule has 0 atom stereocenters. The van der Waals surface area contributed by atoms with Gasteiger partial charge in [-0.3, -0.25) is 4.79 Å². The van der Waals surface area contributed by atoms with Crippen LogP contribution in [-0.4, -0.2) is 63.1 Å². The van der Waals surface area contributed by atoms with E-state index in [9.17, 15) is 4.79 Å². The number of aromatic nitrogens is 4. The van der Waals surface area contributed by atoms with Gasteiger partial charge in [0, 0.05) is 44.0 Å². The summed E-state index contributed by atoms with van der Waals surface area (Å²) >= 11 is 0. The summed E-state index contributed by atoms with van der Waals surface area (Å²) in [5.41, 5.74) is 4.91. The third-order valence-electron chi connectivity index (χ3n) is 5.93. The number of benzene rings is 1. The molecule has 0 aliphatic carbocycles. The first-order chi connectivity index (χ1) is 14.6. The fraction of sp³-hybridized carbons (Fsp3) is 0.455. The molecule has 1 fully saturated rings. The van der Waals surface area contributed by atoms with Crippen molar-refractivity contribution < 1.29 is 4.79 Å². The number of hydrogen-bond donors (Lipinski definition) is 1. The summed E-state index contributed by atoms with van der Waals surface area (Å²) in [6.07, 6.45) is 2.51. The lowest BCUT2D eigenvalue weighted by atomic mass is 10.1. The molecule has 3 aromatic rings. The van der Waals surface area contributed by atoms with Gasteiger partial charge in [-0.05, 0) is 44.5 Å². The number of amides is 1. The minimum absolute atomic E-state index is 0.00660. The Morgan fingerprint density at radius 2 is 1.90 bits per heavy atom. The number of anilines is 2. The highest BCUT2D eigenvalue weighted by Crippen LogP contribution is 2.27. The van der Waals surface area contributed by atoms with Crippen LogP contribution in [0.1, 0.15) is 30.3 Å². The molecule has 1 aliphatic heterocycles. The lowest BCUT2D eigenvalue weighted by molar-refractivity contribution is -0.116. The SMILES string of the molecule is CCN1CCN(c2ccccc2NC(=O)CCc2c(C)nc3ncnn3c2C)CC1. The van der Waals surface area contributed by atoms with E-state index in [2.05, 4.69) is 43.2 Å². The van der Waals surface area contributed by atoms with Crippen LogP contribution in [0.2, 0.25) is 0 Å². The molecule has 0 saturated carbocycles. The molecule has 0 unspecified atom stereocenters. The highest BCUT2D eigenvalue weighted by Gasteiger charge is 2.19. The summed E-state index contributed by atoms with van der Waals surface area (Å²) in [4.78, 5) is 26.2. The van der Waals surface area contributed by atoms with Gasteiger partial charge in [0.15, 0.2) is 0 Å². The van der Waals surface area contributed by atoms with Crippen molar-refractivity contribution in [2.24, 2.45) is 0 Å². The molecule has 4 rings (SSSR count). The standard InChI is InChI=1S/C22H29N7O/c1-4-27-11-13-28(14-12-27)20-8-6-5-7-19(20)26-21(30)10-9-18-16(2)25-22-23-15-24-29(22)17(18)3/h5-8,15H,4,9-14H2,1-3H3,(H,26,30). The van der Waals surface area contributed by atoms with Crippen LogP contribution >= 0.6 is 0 Å². The second-order valence-electron chi connectivity index (χ2n) is 7.72. The van der Waals surface area contributed by atoms with Gasteiger partial charge in [0.1, 0.15) is 6.33 Å². The normalized spacial score (nSPS) is 15.0. The summed E-state index contributed by atoms with van der Waals surface area (Å²) < 4.78 is 1.73. The van der Waals surface area contributed by atoms with Crippen LogP contribution < -0.4 is 10.2 Å². The summed E-state index contributed by atoms with van der Waals surface area (Å²) in [5.74, 6) is 0.599. The first-order valence-electron chi connectivity index (χ1n) is 10.6. The molecule has 158 valence electrons. The Labute approximate surface area is 176 Å². The van der Waals surface area contributed by atoms with Crippen LogP contribution in [0.25, 0.3) is 5.78 Å². The fourth-order valence-electron chi connectivity index (χ4n) is 4.13. The van der Waals surface area contributed by atoms with Gasteiger partial charge < -0.3 is 15.1 Å². The maximum absolute atomic E-state index is 12.8. The van der Waals surface area contributed by atoms with Crippen molar-refractivity contribution in [3.8, 4) is 0 Å². The molecule has 2 aromatic heterocycles. The van der Waals surface area contributed by atoms with Crippen LogP contribution in [0.4, 0.5) is 11.4 Å². The molecule has 30 heavy (non-hydrogen) atoms. The van der Waals surface area contributed by atoms with Crippen LogP contribution in [0, 0.1) is 13.8 Å². The summed E-state index contributed by atoms with van der Waals surface area (Å²) in [7, 11) is 0. The Kier molecular flexibility index (Phi) is 5.94. The Bertz CT molecular complexity index is 1040. The quantitative estimate of drug-likeness (QED) is 0.676. The van der Waals surface area contributed by atoms with E-state index in [1.807, 2.05) is 32.0 Å². The molecule has 1 aromatic carbocycles.